The van der Waals surface area contributed by atoms with E-state index < -0.39 is 5.92 Å². The fourth-order valence-electron chi connectivity index (χ4n) is 8.77. The lowest BCUT2D eigenvalue weighted by molar-refractivity contribution is -0.140. The zero-order chi connectivity index (χ0) is 54.4. The molecule has 2 heterocycles. The number of ether oxygens (including phenoxy) is 9. The minimum absolute atomic E-state index is 0.0263. The number of likely N-dealkylation sites (tertiary alicyclic amines) is 1. The maximum atomic E-state index is 13.0. The van der Waals surface area contributed by atoms with Crippen LogP contribution < -0.4 is 11.1 Å². The van der Waals surface area contributed by atoms with Crippen LogP contribution in [0.1, 0.15) is 102 Å². The van der Waals surface area contributed by atoms with Crippen molar-refractivity contribution >= 4 is 40.8 Å². The number of amides is 3. The van der Waals surface area contributed by atoms with Gasteiger partial charge in [0.25, 0.3) is 0 Å². The Morgan fingerprint density at radius 1 is 0.684 bits per heavy atom. The van der Waals surface area contributed by atoms with Gasteiger partial charge in [-0.1, -0.05) is 37.6 Å². The Morgan fingerprint density at radius 2 is 1.24 bits per heavy atom. The number of benzene rings is 1. The van der Waals surface area contributed by atoms with Crippen LogP contribution in [0, 0.1) is 23.7 Å². The van der Waals surface area contributed by atoms with Gasteiger partial charge < -0.3 is 53.7 Å². The summed E-state index contributed by atoms with van der Waals surface area (Å²) in [7, 11) is 0. The number of unbranched alkanes of at least 4 members (excludes halogenated alkanes) is 1. The molecule has 2 fully saturated rings. The molecule has 1 saturated carbocycles. The molecule has 21 nitrogen and oxygen atoms in total. The zero-order valence-electron chi connectivity index (χ0n) is 45.4. The summed E-state index contributed by atoms with van der Waals surface area (Å²) in [5.41, 5.74) is 8.27. The van der Waals surface area contributed by atoms with Gasteiger partial charge in [0, 0.05) is 74.9 Å². The van der Waals surface area contributed by atoms with Gasteiger partial charge in [-0.2, -0.15) is 0 Å². The number of aromatic nitrogens is 3. The summed E-state index contributed by atoms with van der Waals surface area (Å²) in [4.78, 5) is 76.6. The molecule has 1 aromatic carbocycles. The predicted octanol–water partition coefficient (Wildman–Crippen LogP) is 4.39. The van der Waals surface area contributed by atoms with Crippen LogP contribution in [0.15, 0.2) is 30.5 Å². The van der Waals surface area contributed by atoms with Crippen LogP contribution in [-0.4, -0.2) is 187 Å². The lowest BCUT2D eigenvalue weighted by Crippen LogP contribution is -2.36. The third-order valence-corrected chi connectivity index (χ3v) is 13.2. The lowest BCUT2D eigenvalue weighted by atomic mass is 9.79. The molecule has 21 heteroatoms. The maximum absolute atomic E-state index is 13.0. The van der Waals surface area contributed by atoms with E-state index >= 15 is 0 Å². The number of carbonyl (C=O) groups excluding carboxylic acids is 6. The van der Waals surface area contributed by atoms with Crippen LogP contribution in [0.2, 0.25) is 0 Å². The summed E-state index contributed by atoms with van der Waals surface area (Å²) in [6.45, 7) is 12.0. The molecule has 2 aromatic rings. The van der Waals surface area contributed by atoms with Gasteiger partial charge in [-0.25, -0.2) is 4.68 Å². The second-order valence-corrected chi connectivity index (χ2v) is 19.4. The smallest absolute Gasteiger partial charge is 0.232 e. The van der Waals surface area contributed by atoms with Gasteiger partial charge in [0.1, 0.15) is 19.0 Å². The molecule has 2 unspecified atom stereocenters. The second kappa shape index (κ2) is 39.9. The van der Waals surface area contributed by atoms with Gasteiger partial charge >= 0.3 is 0 Å². The molecular weight excluding hydrogens is 985 g/mol. The lowest BCUT2D eigenvalue weighted by Gasteiger charge is -2.30. The van der Waals surface area contributed by atoms with E-state index in [9.17, 15) is 28.8 Å². The molecule has 2 atom stereocenters. The van der Waals surface area contributed by atoms with Crippen molar-refractivity contribution in [2.75, 3.05) is 137 Å². The number of ketones is 3. The van der Waals surface area contributed by atoms with Crippen molar-refractivity contribution in [3.05, 3.63) is 41.7 Å². The van der Waals surface area contributed by atoms with E-state index in [4.69, 9.17) is 48.4 Å². The van der Waals surface area contributed by atoms with Gasteiger partial charge in [-0.05, 0) is 81.5 Å². The zero-order valence-corrected chi connectivity index (χ0v) is 45.4. The van der Waals surface area contributed by atoms with Crippen LogP contribution in [0.25, 0.3) is 0 Å². The van der Waals surface area contributed by atoms with Crippen LogP contribution in [0.3, 0.4) is 0 Å². The molecule has 428 valence electrons. The van der Waals surface area contributed by atoms with E-state index in [0.717, 1.165) is 50.6 Å². The highest BCUT2D eigenvalue weighted by Crippen LogP contribution is 2.32. The summed E-state index contributed by atoms with van der Waals surface area (Å²) in [6.07, 6.45) is 10.2. The summed E-state index contributed by atoms with van der Waals surface area (Å²) in [5, 5.41) is 11.3. The summed E-state index contributed by atoms with van der Waals surface area (Å²) in [5.74, 6) is -0.856. The molecule has 0 radical (unpaired) electrons. The molecular formula is C55H88N6O15. The van der Waals surface area contributed by atoms with Crippen molar-refractivity contribution < 1.29 is 71.4 Å². The Hall–Kier alpha value is -4.42. The molecule has 1 aromatic heterocycles. The van der Waals surface area contributed by atoms with Gasteiger partial charge in [-0.15, -0.1) is 5.10 Å². The topological polar surface area (TPSA) is 257 Å². The van der Waals surface area contributed by atoms with Crippen molar-refractivity contribution in [1.82, 2.24) is 19.9 Å². The number of nitrogens with two attached hydrogens (primary N) is 1. The molecule has 1 aliphatic heterocycles. The number of Topliss-reactive ketones (excluding diaryl/α,β-unsaturated/α-hetero) is 3. The average molecular weight is 1070 g/mol. The fraction of sp³-hybridized carbons (Fsp3) is 0.745. The normalized spacial score (nSPS) is 17.1. The molecule has 3 amide bonds. The van der Waals surface area contributed by atoms with Crippen molar-refractivity contribution in [2.45, 2.75) is 110 Å². The number of rotatable bonds is 47. The number of hydrogen-bond acceptors (Lipinski definition) is 18. The van der Waals surface area contributed by atoms with Crippen molar-refractivity contribution in [3.8, 4) is 0 Å². The molecule has 3 N–H and O–H groups in total. The number of nitrogens with zero attached hydrogens (tertiary/aromatic N) is 4. The maximum Gasteiger partial charge on any atom is 0.232 e. The third-order valence-electron chi connectivity index (χ3n) is 13.2. The number of nitrogens with one attached hydrogen (secondary N) is 1. The van der Waals surface area contributed by atoms with Crippen LogP contribution in [0.5, 0.6) is 0 Å². The predicted molar refractivity (Wildman–Crippen MR) is 281 cm³/mol. The van der Waals surface area contributed by atoms with Gasteiger partial charge in [-0.3, -0.25) is 33.7 Å². The highest BCUT2D eigenvalue weighted by atomic mass is 16.6. The Kier molecular flexibility index (Phi) is 33.6. The minimum atomic E-state index is -0.500. The summed E-state index contributed by atoms with van der Waals surface area (Å²) in [6, 6.07) is 7.66. The number of carbonyl (C=O) groups is 6. The standard InChI is InChI=1S/C55H88N6O15/c1-3-44-11-15-48(16-12-44)57-54(66)47(7-4-5-19-56)38-51(63)42-76-41-50(62)8-6-21-68-23-25-70-27-29-72-31-33-74-35-36-75-34-32-73-30-28-71-26-24-69-22-20-60-40-49(58-59-60)17-18-52(64)46-13-9-45(10-14-46)39-61-53(65)37-43(2)55(61)67/h11-12,15-16,40,43,45-47H,3-10,13-14,17-39,41-42,56H2,1-2H3,(H,57,66). The molecule has 76 heavy (non-hydrogen) atoms. The van der Waals surface area contributed by atoms with E-state index in [2.05, 4.69) is 22.6 Å². The van der Waals surface area contributed by atoms with E-state index in [0.29, 0.717) is 163 Å². The van der Waals surface area contributed by atoms with Crippen molar-refractivity contribution in [1.29, 1.82) is 0 Å². The Labute approximate surface area is 449 Å². The SMILES string of the molecule is CCc1ccc(NC(=O)C(CCCCN)CC(=O)COCC(=O)CCCOCCOCCOCCOCCOCCOCCOCCOCCn2cc(CCC(=O)C3CCC(CN4C(=O)CC(C)C4=O)CC3)nn2)cc1. The average Bonchev–Trinajstić information content (AvgIpc) is 3.98. The summed E-state index contributed by atoms with van der Waals surface area (Å²) < 4.78 is 51.5. The second-order valence-electron chi connectivity index (χ2n) is 19.4. The summed E-state index contributed by atoms with van der Waals surface area (Å²) >= 11 is 0. The monoisotopic (exact) mass is 1070 g/mol. The first kappa shape index (κ1) is 64.1. The molecule has 0 bridgehead atoms. The highest BCUT2D eigenvalue weighted by Gasteiger charge is 2.38. The number of aryl methyl sites for hydroxylation is 2. The van der Waals surface area contributed by atoms with Crippen molar-refractivity contribution in [2.24, 2.45) is 29.4 Å². The Bertz CT molecular complexity index is 1950. The molecule has 0 spiro atoms. The van der Waals surface area contributed by atoms with Gasteiger partial charge in [0.2, 0.25) is 17.7 Å². The van der Waals surface area contributed by atoms with Crippen LogP contribution in [-0.2, 0) is 90.8 Å². The third kappa shape index (κ3) is 27.8. The van der Waals surface area contributed by atoms with E-state index in [-0.39, 0.29) is 78.9 Å². The number of hydrogen-bond donors (Lipinski definition) is 2. The highest BCUT2D eigenvalue weighted by molar-refractivity contribution is 6.03. The van der Waals surface area contributed by atoms with Crippen molar-refractivity contribution in [3.63, 3.8) is 0 Å². The molecule has 4 rings (SSSR count). The fourth-order valence-corrected chi connectivity index (χ4v) is 8.77. The van der Waals surface area contributed by atoms with Gasteiger partial charge in [0.15, 0.2) is 11.6 Å². The van der Waals surface area contributed by atoms with E-state index in [1.54, 1.807) is 11.6 Å². The number of imide groups is 1. The van der Waals surface area contributed by atoms with Gasteiger partial charge in [0.05, 0.1) is 111 Å². The molecule has 1 saturated heterocycles. The number of anilines is 1. The van der Waals surface area contributed by atoms with Crippen LogP contribution >= 0.6 is 0 Å². The first-order chi connectivity index (χ1) is 37.1. The van der Waals surface area contributed by atoms with E-state index in [1.165, 1.54) is 10.5 Å². The Morgan fingerprint density at radius 3 is 1.78 bits per heavy atom. The van der Waals surface area contributed by atoms with E-state index in [1.807, 2.05) is 30.5 Å². The van der Waals surface area contributed by atoms with Crippen LogP contribution in [0.4, 0.5) is 5.69 Å². The molecule has 2 aliphatic rings. The quantitative estimate of drug-likeness (QED) is 0.0688. The first-order valence-corrected chi connectivity index (χ1v) is 27.6. The first-order valence-electron chi connectivity index (χ1n) is 27.6. The molecule has 1 aliphatic carbocycles. The Balaban J connectivity index is 0.823. The minimum Gasteiger partial charge on any atom is -0.379 e. The largest absolute Gasteiger partial charge is 0.379 e.